The topological polar surface area (TPSA) is 96.4 Å². The van der Waals surface area contributed by atoms with Gasteiger partial charge in [0.1, 0.15) is 12.4 Å². The molecule has 9 heteroatoms. The summed E-state index contributed by atoms with van der Waals surface area (Å²) in [5, 5.41) is 10.5. The fraction of sp³-hybridized carbons (Fsp3) is 0.300. The molecule has 0 radical (unpaired) electrons. The zero-order chi connectivity index (χ0) is 28.1. The third kappa shape index (κ3) is 6.41. The van der Waals surface area contributed by atoms with E-state index in [1.165, 1.54) is 14.0 Å². The second kappa shape index (κ2) is 12.3. The lowest BCUT2D eigenvalue weighted by Gasteiger charge is -2.43. The van der Waals surface area contributed by atoms with E-state index in [0.29, 0.717) is 22.8 Å². The number of para-hydroxylation sites is 1. The number of anilines is 2. The maximum Gasteiger partial charge on any atom is 0.308 e. The number of benzene rings is 3. The van der Waals surface area contributed by atoms with Gasteiger partial charge in [-0.1, -0.05) is 29.8 Å². The SMILES string of the molecule is COC(=O)C[C@H](O)COc1ccc(C(=O)N2c3ccccc3[C@H](N(C(C)=O)c3ccc(Cl)cc3)C[C@@H]2C)cc1. The quantitative estimate of drug-likeness (QED) is 0.388. The predicted octanol–water partition coefficient (Wildman–Crippen LogP) is 5.18. The van der Waals surface area contributed by atoms with Crippen molar-refractivity contribution in [1.82, 2.24) is 0 Å². The normalized spacial score (nSPS) is 17.1. The van der Waals surface area contributed by atoms with E-state index in [0.717, 1.165) is 16.9 Å². The Morgan fingerprint density at radius 2 is 1.72 bits per heavy atom. The molecule has 1 aliphatic heterocycles. The van der Waals surface area contributed by atoms with Gasteiger partial charge in [-0.15, -0.1) is 0 Å². The van der Waals surface area contributed by atoms with Gasteiger partial charge in [0.15, 0.2) is 0 Å². The predicted molar refractivity (Wildman–Crippen MR) is 149 cm³/mol. The van der Waals surface area contributed by atoms with Crippen molar-refractivity contribution in [2.24, 2.45) is 0 Å². The molecule has 0 aromatic heterocycles. The molecule has 2 amide bonds. The molecule has 0 unspecified atom stereocenters. The molecular formula is C30H31ClN2O6. The Hall–Kier alpha value is -3.88. The van der Waals surface area contributed by atoms with Gasteiger partial charge in [-0.2, -0.15) is 0 Å². The largest absolute Gasteiger partial charge is 0.491 e. The van der Waals surface area contributed by atoms with Crippen molar-refractivity contribution in [3.05, 3.63) is 88.9 Å². The van der Waals surface area contributed by atoms with Gasteiger partial charge >= 0.3 is 5.97 Å². The lowest BCUT2D eigenvalue weighted by atomic mass is 9.89. The van der Waals surface area contributed by atoms with E-state index in [2.05, 4.69) is 4.74 Å². The zero-order valence-corrected chi connectivity index (χ0v) is 22.8. The number of ether oxygens (including phenoxy) is 2. The molecule has 0 aliphatic carbocycles. The van der Waals surface area contributed by atoms with E-state index < -0.39 is 12.1 Å². The van der Waals surface area contributed by atoms with Crippen molar-refractivity contribution in [1.29, 1.82) is 0 Å². The van der Waals surface area contributed by atoms with Gasteiger partial charge in [-0.05, 0) is 73.5 Å². The van der Waals surface area contributed by atoms with Crippen LogP contribution >= 0.6 is 11.6 Å². The molecule has 0 saturated heterocycles. The second-order valence-corrected chi connectivity index (χ2v) is 9.91. The van der Waals surface area contributed by atoms with Gasteiger partial charge < -0.3 is 24.4 Å². The van der Waals surface area contributed by atoms with Crippen molar-refractivity contribution in [2.75, 3.05) is 23.5 Å². The molecule has 8 nitrogen and oxygen atoms in total. The molecule has 39 heavy (non-hydrogen) atoms. The van der Waals surface area contributed by atoms with Gasteiger partial charge in [0.2, 0.25) is 5.91 Å². The average Bonchev–Trinajstić information content (AvgIpc) is 2.93. The molecule has 4 rings (SSSR count). The molecule has 3 aromatic carbocycles. The summed E-state index contributed by atoms with van der Waals surface area (Å²) < 4.78 is 10.1. The summed E-state index contributed by atoms with van der Waals surface area (Å²) in [6, 6.07) is 21.0. The minimum absolute atomic E-state index is 0.0828. The summed E-state index contributed by atoms with van der Waals surface area (Å²) >= 11 is 6.08. The number of carbonyl (C=O) groups is 3. The number of aliphatic hydroxyl groups is 1. The summed E-state index contributed by atoms with van der Waals surface area (Å²) in [6.07, 6.45) is -0.622. The van der Waals surface area contributed by atoms with Crippen molar-refractivity contribution in [2.45, 2.75) is 44.9 Å². The monoisotopic (exact) mass is 550 g/mol. The number of hydrogen-bond donors (Lipinski definition) is 1. The van der Waals surface area contributed by atoms with Crippen molar-refractivity contribution in [3.63, 3.8) is 0 Å². The van der Waals surface area contributed by atoms with Crippen LogP contribution in [0.3, 0.4) is 0 Å². The Bertz CT molecular complexity index is 1330. The van der Waals surface area contributed by atoms with E-state index in [1.807, 2.05) is 43.3 Å². The number of hydrogen-bond acceptors (Lipinski definition) is 6. The van der Waals surface area contributed by atoms with Crippen LogP contribution in [0.1, 0.15) is 48.7 Å². The fourth-order valence-corrected chi connectivity index (χ4v) is 5.00. The summed E-state index contributed by atoms with van der Waals surface area (Å²) in [4.78, 5) is 41.4. The minimum Gasteiger partial charge on any atom is -0.491 e. The lowest BCUT2D eigenvalue weighted by Crippen LogP contribution is -2.47. The number of amides is 2. The van der Waals surface area contributed by atoms with Crippen LogP contribution in [0.2, 0.25) is 5.02 Å². The number of aliphatic hydroxyl groups excluding tert-OH is 1. The third-order valence-electron chi connectivity index (χ3n) is 6.71. The Balaban J connectivity index is 1.56. The van der Waals surface area contributed by atoms with Crippen molar-refractivity contribution < 1.29 is 29.0 Å². The zero-order valence-electron chi connectivity index (χ0n) is 22.0. The van der Waals surface area contributed by atoms with Crippen LogP contribution in [-0.2, 0) is 14.3 Å². The van der Waals surface area contributed by atoms with E-state index in [9.17, 15) is 19.5 Å². The van der Waals surface area contributed by atoms with Crippen LogP contribution in [0, 0.1) is 0 Å². The molecule has 0 bridgehead atoms. The first kappa shape index (κ1) is 28.1. The number of esters is 1. The number of methoxy groups -OCH3 is 1. The lowest BCUT2D eigenvalue weighted by molar-refractivity contribution is -0.143. The Labute approximate surface area is 232 Å². The van der Waals surface area contributed by atoms with Gasteiger partial charge in [-0.25, -0.2) is 0 Å². The molecular weight excluding hydrogens is 520 g/mol. The Morgan fingerprint density at radius 3 is 2.36 bits per heavy atom. The number of halogens is 1. The molecule has 204 valence electrons. The number of fused-ring (bicyclic) bond motifs is 1. The van der Waals surface area contributed by atoms with Crippen LogP contribution in [0.5, 0.6) is 5.75 Å². The van der Waals surface area contributed by atoms with Crippen molar-refractivity contribution in [3.8, 4) is 5.75 Å². The van der Waals surface area contributed by atoms with Crippen LogP contribution in [0.15, 0.2) is 72.8 Å². The maximum atomic E-state index is 13.7. The molecule has 3 aromatic rings. The van der Waals surface area contributed by atoms with E-state index >= 15 is 0 Å². The fourth-order valence-electron chi connectivity index (χ4n) is 4.88. The molecule has 1 N–H and O–H groups in total. The number of rotatable bonds is 8. The third-order valence-corrected chi connectivity index (χ3v) is 6.96. The van der Waals surface area contributed by atoms with Gasteiger partial charge in [0.25, 0.3) is 5.91 Å². The molecule has 0 spiro atoms. The molecule has 1 heterocycles. The Morgan fingerprint density at radius 1 is 1.05 bits per heavy atom. The van der Waals surface area contributed by atoms with E-state index in [1.54, 1.807) is 46.2 Å². The highest BCUT2D eigenvalue weighted by Crippen LogP contribution is 2.43. The first-order valence-corrected chi connectivity index (χ1v) is 13.0. The number of nitrogens with zero attached hydrogens (tertiary/aromatic N) is 2. The highest BCUT2D eigenvalue weighted by Gasteiger charge is 2.38. The van der Waals surface area contributed by atoms with Gasteiger partial charge in [0, 0.05) is 34.9 Å². The molecule has 0 saturated carbocycles. The van der Waals surface area contributed by atoms with E-state index in [-0.39, 0.29) is 36.9 Å². The first-order valence-electron chi connectivity index (χ1n) is 12.6. The smallest absolute Gasteiger partial charge is 0.308 e. The highest BCUT2D eigenvalue weighted by atomic mass is 35.5. The highest BCUT2D eigenvalue weighted by molar-refractivity contribution is 6.30. The summed E-state index contributed by atoms with van der Waals surface area (Å²) in [7, 11) is 1.26. The van der Waals surface area contributed by atoms with Crippen LogP contribution in [0.4, 0.5) is 11.4 Å². The second-order valence-electron chi connectivity index (χ2n) is 9.47. The first-order chi connectivity index (χ1) is 18.7. The van der Waals surface area contributed by atoms with E-state index in [4.69, 9.17) is 16.3 Å². The summed E-state index contributed by atoms with van der Waals surface area (Å²) in [6.45, 7) is 3.43. The summed E-state index contributed by atoms with van der Waals surface area (Å²) in [5.74, 6) is -0.338. The molecule has 3 atom stereocenters. The standard InChI is InChI=1S/C30H31ClN2O6/c1-19-16-28(33(20(2)34)23-12-10-22(31)11-13-23)26-6-4-5-7-27(26)32(19)30(37)21-8-14-25(15-9-21)39-18-24(35)17-29(36)38-3/h4-15,19,24,28,35H,16-18H2,1-3H3/t19-,24-,28+/m0/s1. The van der Waals surface area contributed by atoms with Crippen LogP contribution in [-0.4, -0.2) is 48.8 Å². The van der Waals surface area contributed by atoms with Gasteiger partial charge in [0.05, 0.1) is 25.7 Å². The summed E-state index contributed by atoms with van der Waals surface area (Å²) in [5.41, 5.74) is 2.84. The molecule has 1 aliphatic rings. The minimum atomic E-state index is -1.00. The van der Waals surface area contributed by atoms with Crippen LogP contribution < -0.4 is 14.5 Å². The van der Waals surface area contributed by atoms with Crippen LogP contribution in [0.25, 0.3) is 0 Å². The average molecular weight is 551 g/mol. The number of carbonyl (C=O) groups excluding carboxylic acids is 3. The van der Waals surface area contributed by atoms with Crippen molar-refractivity contribution >= 4 is 40.8 Å². The maximum absolute atomic E-state index is 13.7. The molecule has 0 fully saturated rings. The Kier molecular flexibility index (Phi) is 8.89. The van der Waals surface area contributed by atoms with Gasteiger partial charge in [-0.3, -0.25) is 14.4 Å².